The number of carbonyl (C=O) groups excluding carboxylic acids is 1. The molecular formula is C37H36F3N7OS. The third-order valence-corrected chi connectivity index (χ3v) is 10.9. The third-order valence-electron chi connectivity index (χ3n) is 9.82. The number of alkyl halides is 3. The molecule has 1 spiro atoms. The molecule has 1 amide bonds. The summed E-state index contributed by atoms with van der Waals surface area (Å²) in [4.78, 5) is 25.9. The number of thiophene rings is 1. The standard InChI is InChI=1S/C37H36F3N7OS/c1-3-33(48)44-27-8-5-25(6-9-27)11-14-47-28(18-41)15-30-24(2)26(7-10-32(30)47)19-45-20-36(21-45)12-4-13-46(22-36)34-31-16-29(17-37(38,39)40)49-35(31)43-23-42-34/h3,5-10,15-16,23H,1,4,11-14,17,19-22H2,2H3,(H,44,48). The largest absolute Gasteiger partial charge is 0.393 e. The molecule has 0 radical (unpaired) electrons. The van der Waals surface area contributed by atoms with Gasteiger partial charge in [0, 0.05) is 66.2 Å². The van der Waals surface area contributed by atoms with Crippen molar-refractivity contribution in [3.05, 3.63) is 94.8 Å². The number of hydrogen-bond donors (Lipinski definition) is 1. The number of nitrogens with one attached hydrogen (secondary N) is 1. The summed E-state index contributed by atoms with van der Waals surface area (Å²) in [5.74, 6) is 0.485. The summed E-state index contributed by atoms with van der Waals surface area (Å²) in [6, 6.07) is 18.0. The van der Waals surface area contributed by atoms with E-state index in [1.54, 1.807) is 6.07 Å². The second-order valence-electron chi connectivity index (χ2n) is 13.3. The van der Waals surface area contributed by atoms with Crippen LogP contribution in [0.15, 0.2) is 67.5 Å². The van der Waals surface area contributed by atoms with Gasteiger partial charge in [-0.3, -0.25) is 9.69 Å². The zero-order chi connectivity index (χ0) is 34.3. The summed E-state index contributed by atoms with van der Waals surface area (Å²) in [5, 5.41) is 14.5. The molecule has 2 aliphatic heterocycles. The monoisotopic (exact) mass is 683 g/mol. The lowest BCUT2D eigenvalue weighted by Gasteiger charge is -2.55. The topological polar surface area (TPSA) is 90.1 Å². The van der Waals surface area contributed by atoms with Crippen molar-refractivity contribution in [3.8, 4) is 6.07 Å². The van der Waals surface area contributed by atoms with Gasteiger partial charge in [-0.25, -0.2) is 9.97 Å². The smallest absolute Gasteiger partial charge is 0.355 e. The summed E-state index contributed by atoms with van der Waals surface area (Å²) in [6.45, 7) is 10.6. The molecule has 49 heavy (non-hydrogen) atoms. The van der Waals surface area contributed by atoms with Crippen molar-refractivity contribution in [1.82, 2.24) is 19.4 Å². The van der Waals surface area contributed by atoms with Crippen LogP contribution < -0.4 is 10.2 Å². The van der Waals surface area contributed by atoms with Crippen molar-refractivity contribution in [3.63, 3.8) is 0 Å². The fraction of sp³-hybridized carbons (Fsp3) is 0.351. The zero-order valence-electron chi connectivity index (χ0n) is 27.2. The second-order valence-corrected chi connectivity index (χ2v) is 14.4. The van der Waals surface area contributed by atoms with Crippen LogP contribution in [-0.4, -0.2) is 57.7 Å². The lowest BCUT2D eigenvalue weighted by Crippen LogP contribution is -2.62. The molecule has 2 fully saturated rings. The molecule has 0 atom stereocenters. The molecule has 0 aliphatic carbocycles. The predicted octanol–water partition coefficient (Wildman–Crippen LogP) is 7.40. The van der Waals surface area contributed by atoms with Crippen molar-refractivity contribution < 1.29 is 18.0 Å². The summed E-state index contributed by atoms with van der Waals surface area (Å²) >= 11 is 1.09. The van der Waals surface area contributed by atoms with Crippen LogP contribution in [0.1, 0.15) is 40.1 Å². The number of aryl methyl sites for hydroxylation is 3. The third kappa shape index (κ3) is 6.78. The van der Waals surface area contributed by atoms with Gasteiger partial charge in [0.25, 0.3) is 0 Å². The van der Waals surface area contributed by atoms with Crippen molar-refractivity contribution >= 4 is 49.9 Å². The van der Waals surface area contributed by atoms with Gasteiger partial charge in [0.1, 0.15) is 28.7 Å². The molecule has 12 heteroatoms. The number of carbonyl (C=O) groups is 1. The maximum absolute atomic E-state index is 13.1. The van der Waals surface area contributed by atoms with Crippen molar-refractivity contribution in [2.75, 3.05) is 36.4 Å². The molecule has 1 N–H and O–H groups in total. The van der Waals surface area contributed by atoms with Gasteiger partial charge in [-0.05, 0) is 79.3 Å². The summed E-state index contributed by atoms with van der Waals surface area (Å²) in [5.41, 5.74) is 6.02. The molecule has 2 saturated heterocycles. The van der Waals surface area contributed by atoms with Gasteiger partial charge in [-0.15, -0.1) is 11.3 Å². The maximum atomic E-state index is 13.1. The highest BCUT2D eigenvalue weighted by atomic mass is 32.1. The lowest BCUT2D eigenvalue weighted by molar-refractivity contribution is -0.126. The molecule has 8 nitrogen and oxygen atoms in total. The summed E-state index contributed by atoms with van der Waals surface area (Å²) in [6.07, 6.45) is 0.347. The number of amides is 1. The number of halogens is 3. The minimum absolute atomic E-state index is 0.116. The number of aromatic nitrogens is 3. The first kappa shape index (κ1) is 32.8. The first-order valence-corrected chi connectivity index (χ1v) is 17.2. The van der Waals surface area contributed by atoms with E-state index in [1.807, 2.05) is 30.3 Å². The Labute approximate surface area is 286 Å². The van der Waals surface area contributed by atoms with Crippen molar-refractivity contribution in [2.24, 2.45) is 5.41 Å². The van der Waals surface area contributed by atoms with Gasteiger partial charge in [-0.2, -0.15) is 18.4 Å². The van der Waals surface area contributed by atoms with Crippen LogP contribution in [0.2, 0.25) is 0 Å². The van der Waals surface area contributed by atoms with Gasteiger partial charge in [0.15, 0.2) is 0 Å². The molecule has 2 aliphatic rings. The Morgan fingerprint density at radius 2 is 1.92 bits per heavy atom. The van der Waals surface area contributed by atoms with Crippen LogP contribution in [0, 0.1) is 23.7 Å². The number of anilines is 2. The molecule has 7 rings (SSSR count). The molecule has 0 bridgehead atoms. The van der Waals surface area contributed by atoms with E-state index in [1.165, 1.54) is 23.5 Å². The van der Waals surface area contributed by atoms with E-state index in [9.17, 15) is 23.2 Å². The molecule has 0 unspecified atom stereocenters. The SMILES string of the molecule is C=CC(=O)Nc1ccc(CCn2c(C#N)cc3c(C)c(CN4CC5(CCCN(c6ncnc7sc(CC(F)(F)F)cc67)C5)C4)ccc32)cc1. The molecule has 3 aromatic heterocycles. The van der Waals surface area contributed by atoms with Gasteiger partial charge in [0.05, 0.1) is 11.8 Å². The number of hydrogen-bond acceptors (Lipinski definition) is 7. The number of rotatable bonds is 9. The van der Waals surface area contributed by atoms with E-state index in [0.29, 0.717) is 28.1 Å². The highest BCUT2D eigenvalue weighted by Crippen LogP contribution is 2.43. The van der Waals surface area contributed by atoms with Gasteiger partial charge in [-0.1, -0.05) is 24.8 Å². The highest BCUT2D eigenvalue weighted by Gasteiger charge is 2.46. The lowest BCUT2D eigenvalue weighted by atomic mass is 9.73. The van der Waals surface area contributed by atoms with Crippen LogP contribution >= 0.6 is 11.3 Å². The fourth-order valence-corrected chi connectivity index (χ4v) is 8.57. The first-order chi connectivity index (χ1) is 23.5. The number of nitrogens with zero attached hydrogens (tertiary/aromatic N) is 6. The van der Waals surface area contributed by atoms with Crippen LogP contribution in [0.5, 0.6) is 0 Å². The van der Waals surface area contributed by atoms with Gasteiger partial charge in [0.2, 0.25) is 5.91 Å². The van der Waals surface area contributed by atoms with Crippen LogP contribution in [-0.2, 0) is 30.7 Å². The maximum Gasteiger partial charge on any atom is 0.393 e. The number of nitriles is 1. The quantitative estimate of drug-likeness (QED) is 0.163. The van der Waals surface area contributed by atoms with Crippen LogP contribution in [0.25, 0.3) is 21.1 Å². The molecular weight excluding hydrogens is 648 g/mol. The van der Waals surface area contributed by atoms with Crippen LogP contribution in [0.4, 0.5) is 24.7 Å². The van der Waals surface area contributed by atoms with E-state index in [0.717, 1.165) is 85.6 Å². The average molecular weight is 684 g/mol. The zero-order valence-corrected chi connectivity index (χ0v) is 28.0. The molecule has 252 valence electrons. The summed E-state index contributed by atoms with van der Waals surface area (Å²) < 4.78 is 41.3. The Morgan fingerprint density at radius 3 is 2.65 bits per heavy atom. The van der Waals surface area contributed by atoms with E-state index >= 15 is 0 Å². The molecule has 5 aromatic rings. The number of likely N-dealkylation sites (tertiary alicyclic amines) is 1. The van der Waals surface area contributed by atoms with Gasteiger partial charge >= 0.3 is 6.18 Å². The Hall–Kier alpha value is -4.73. The van der Waals surface area contributed by atoms with E-state index in [4.69, 9.17) is 0 Å². The number of piperidine rings is 1. The van der Waals surface area contributed by atoms with Crippen molar-refractivity contribution in [2.45, 2.75) is 51.9 Å². The first-order valence-electron chi connectivity index (χ1n) is 16.3. The Balaban J connectivity index is 1.01. The summed E-state index contributed by atoms with van der Waals surface area (Å²) in [7, 11) is 0. The van der Waals surface area contributed by atoms with Crippen LogP contribution in [0.3, 0.4) is 0 Å². The normalized spacial score (nSPS) is 16.2. The highest BCUT2D eigenvalue weighted by molar-refractivity contribution is 7.18. The fourth-order valence-electron chi connectivity index (χ4n) is 7.55. The van der Waals surface area contributed by atoms with E-state index < -0.39 is 12.6 Å². The van der Waals surface area contributed by atoms with E-state index in [-0.39, 0.29) is 16.2 Å². The Kier molecular flexibility index (Phi) is 8.67. The Bertz CT molecular complexity index is 2090. The Morgan fingerprint density at radius 1 is 1.12 bits per heavy atom. The molecule has 2 aromatic carbocycles. The minimum atomic E-state index is -4.26. The van der Waals surface area contributed by atoms with Gasteiger partial charge < -0.3 is 14.8 Å². The van der Waals surface area contributed by atoms with E-state index in [2.05, 4.69) is 61.4 Å². The second kappa shape index (κ2) is 12.9. The molecule has 0 saturated carbocycles. The number of benzene rings is 2. The predicted molar refractivity (Wildman–Crippen MR) is 187 cm³/mol. The minimum Gasteiger partial charge on any atom is -0.355 e. The number of fused-ring (bicyclic) bond motifs is 2. The molecule has 5 heterocycles. The average Bonchev–Trinajstić information content (AvgIpc) is 3.64. The van der Waals surface area contributed by atoms with Crippen molar-refractivity contribution in [1.29, 1.82) is 5.26 Å².